The average Bonchev–Trinajstić information content (AvgIpc) is 2.82. The summed E-state index contributed by atoms with van der Waals surface area (Å²) in [4.78, 5) is 25.7. The Morgan fingerprint density at radius 3 is 2.72 bits per heavy atom. The molecule has 5 nitrogen and oxygen atoms in total. The van der Waals surface area contributed by atoms with E-state index in [0.717, 1.165) is 10.9 Å². The summed E-state index contributed by atoms with van der Waals surface area (Å²) < 4.78 is 0. The van der Waals surface area contributed by atoms with E-state index in [1.165, 1.54) is 6.92 Å². The first kappa shape index (κ1) is 12.2. The monoisotopic (exact) mass is 245 g/mol. The van der Waals surface area contributed by atoms with Gasteiger partial charge in [-0.15, -0.1) is 0 Å². The third kappa shape index (κ3) is 2.68. The first-order chi connectivity index (χ1) is 8.68. The number of amides is 2. The first-order valence-corrected chi connectivity index (χ1v) is 5.77. The fourth-order valence-electron chi connectivity index (χ4n) is 1.78. The SMILES string of the molecule is CC(=O)NCCNC(=O)c1cccc2cc[nH]c12. The Labute approximate surface area is 105 Å². The Balaban J connectivity index is 2.00. The van der Waals surface area contributed by atoms with Crippen molar-refractivity contribution in [3.63, 3.8) is 0 Å². The third-order valence-corrected chi connectivity index (χ3v) is 2.62. The molecule has 1 aromatic heterocycles. The van der Waals surface area contributed by atoms with Crippen LogP contribution in [0.25, 0.3) is 10.9 Å². The molecule has 1 heterocycles. The van der Waals surface area contributed by atoms with Gasteiger partial charge >= 0.3 is 0 Å². The minimum absolute atomic E-state index is 0.101. The number of hydrogen-bond acceptors (Lipinski definition) is 2. The maximum absolute atomic E-state index is 12.0. The molecule has 0 unspecified atom stereocenters. The van der Waals surface area contributed by atoms with E-state index in [4.69, 9.17) is 0 Å². The van der Waals surface area contributed by atoms with Crippen LogP contribution in [0.3, 0.4) is 0 Å². The van der Waals surface area contributed by atoms with Crippen molar-refractivity contribution < 1.29 is 9.59 Å². The van der Waals surface area contributed by atoms with Crippen molar-refractivity contribution in [2.24, 2.45) is 0 Å². The van der Waals surface area contributed by atoms with Crippen LogP contribution in [0.5, 0.6) is 0 Å². The number of aromatic amines is 1. The number of rotatable bonds is 4. The van der Waals surface area contributed by atoms with E-state index in [-0.39, 0.29) is 11.8 Å². The molecule has 0 aliphatic carbocycles. The average molecular weight is 245 g/mol. The van der Waals surface area contributed by atoms with Crippen LogP contribution in [0, 0.1) is 0 Å². The highest BCUT2D eigenvalue weighted by atomic mass is 16.2. The van der Waals surface area contributed by atoms with Gasteiger partial charge in [0.2, 0.25) is 5.91 Å². The molecule has 0 bridgehead atoms. The van der Waals surface area contributed by atoms with Crippen LogP contribution in [0.2, 0.25) is 0 Å². The maximum atomic E-state index is 12.0. The van der Waals surface area contributed by atoms with Crippen molar-refractivity contribution in [3.05, 3.63) is 36.0 Å². The van der Waals surface area contributed by atoms with Crippen LogP contribution in [0.4, 0.5) is 0 Å². The van der Waals surface area contributed by atoms with Crippen molar-refractivity contribution in [1.29, 1.82) is 0 Å². The zero-order chi connectivity index (χ0) is 13.0. The molecule has 3 N–H and O–H groups in total. The lowest BCUT2D eigenvalue weighted by molar-refractivity contribution is -0.118. The fraction of sp³-hybridized carbons (Fsp3) is 0.231. The van der Waals surface area contributed by atoms with Crippen LogP contribution >= 0.6 is 0 Å². The van der Waals surface area contributed by atoms with Crippen molar-refractivity contribution in [3.8, 4) is 0 Å². The van der Waals surface area contributed by atoms with Crippen molar-refractivity contribution in [2.75, 3.05) is 13.1 Å². The lowest BCUT2D eigenvalue weighted by Crippen LogP contribution is -2.33. The smallest absolute Gasteiger partial charge is 0.253 e. The summed E-state index contributed by atoms with van der Waals surface area (Å²) in [5.74, 6) is -0.246. The first-order valence-electron chi connectivity index (χ1n) is 5.77. The van der Waals surface area contributed by atoms with Gasteiger partial charge in [0.25, 0.3) is 5.91 Å². The Bertz CT molecular complexity index is 574. The number of carbonyl (C=O) groups excluding carboxylic acids is 2. The van der Waals surface area contributed by atoms with Gasteiger partial charge in [0.1, 0.15) is 0 Å². The minimum atomic E-state index is -0.145. The van der Waals surface area contributed by atoms with Gasteiger partial charge < -0.3 is 15.6 Å². The molecular formula is C13H15N3O2. The zero-order valence-corrected chi connectivity index (χ0v) is 10.1. The summed E-state index contributed by atoms with van der Waals surface area (Å²) in [7, 11) is 0. The standard InChI is InChI=1S/C13H15N3O2/c1-9(17)14-7-8-16-13(18)11-4-2-3-10-5-6-15-12(10)11/h2-6,15H,7-8H2,1H3,(H,14,17)(H,16,18). The molecule has 5 heteroatoms. The molecule has 0 aliphatic heterocycles. The van der Waals surface area contributed by atoms with Crippen molar-refractivity contribution in [2.45, 2.75) is 6.92 Å². The molecule has 0 radical (unpaired) electrons. The second-order valence-corrected chi connectivity index (χ2v) is 3.99. The molecule has 18 heavy (non-hydrogen) atoms. The number of nitrogens with one attached hydrogen (secondary N) is 3. The normalized spacial score (nSPS) is 10.3. The van der Waals surface area contributed by atoms with Crippen molar-refractivity contribution >= 4 is 22.7 Å². The zero-order valence-electron chi connectivity index (χ0n) is 10.1. The van der Waals surface area contributed by atoms with Crippen molar-refractivity contribution in [1.82, 2.24) is 15.6 Å². The largest absolute Gasteiger partial charge is 0.361 e. The molecule has 2 amide bonds. The topological polar surface area (TPSA) is 74.0 Å². The van der Waals surface area contributed by atoms with Gasteiger partial charge in [-0.25, -0.2) is 0 Å². The summed E-state index contributed by atoms with van der Waals surface area (Å²) in [6, 6.07) is 7.48. The summed E-state index contributed by atoms with van der Waals surface area (Å²) in [5.41, 5.74) is 1.44. The fourth-order valence-corrected chi connectivity index (χ4v) is 1.78. The predicted octanol–water partition coefficient (Wildman–Crippen LogP) is 1.03. The molecule has 1 aromatic carbocycles. The lowest BCUT2D eigenvalue weighted by Gasteiger charge is -2.06. The highest BCUT2D eigenvalue weighted by Crippen LogP contribution is 2.16. The predicted molar refractivity (Wildman–Crippen MR) is 69.3 cm³/mol. The summed E-state index contributed by atoms with van der Waals surface area (Å²) in [5, 5.41) is 6.39. The van der Waals surface area contributed by atoms with Crippen LogP contribution in [-0.4, -0.2) is 29.9 Å². The number of carbonyl (C=O) groups is 2. The molecule has 0 saturated carbocycles. The molecule has 0 atom stereocenters. The Morgan fingerprint density at radius 2 is 1.94 bits per heavy atom. The number of para-hydroxylation sites is 1. The van der Waals surface area contributed by atoms with E-state index in [1.54, 1.807) is 12.3 Å². The number of aromatic nitrogens is 1. The summed E-state index contributed by atoms with van der Waals surface area (Å²) >= 11 is 0. The Kier molecular flexibility index (Phi) is 3.62. The van der Waals surface area contributed by atoms with Gasteiger partial charge in [0, 0.05) is 31.6 Å². The quantitative estimate of drug-likeness (QED) is 0.704. The summed E-state index contributed by atoms with van der Waals surface area (Å²) in [6.45, 7) is 2.29. The van der Waals surface area contributed by atoms with Crippen LogP contribution in [0.1, 0.15) is 17.3 Å². The van der Waals surface area contributed by atoms with Gasteiger partial charge in [-0.05, 0) is 12.1 Å². The van der Waals surface area contributed by atoms with E-state index in [0.29, 0.717) is 18.7 Å². The molecule has 0 spiro atoms. The van der Waals surface area contributed by atoms with E-state index in [2.05, 4.69) is 15.6 Å². The van der Waals surface area contributed by atoms with Gasteiger partial charge in [-0.1, -0.05) is 12.1 Å². The van der Waals surface area contributed by atoms with E-state index < -0.39 is 0 Å². The second-order valence-electron chi connectivity index (χ2n) is 3.99. The van der Waals surface area contributed by atoms with E-state index >= 15 is 0 Å². The molecular weight excluding hydrogens is 230 g/mol. The highest BCUT2D eigenvalue weighted by Gasteiger charge is 2.09. The maximum Gasteiger partial charge on any atom is 0.253 e. The van der Waals surface area contributed by atoms with Gasteiger partial charge in [-0.3, -0.25) is 9.59 Å². The Morgan fingerprint density at radius 1 is 1.17 bits per heavy atom. The van der Waals surface area contributed by atoms with Crippen LogP contribution < -0.4 is 10.6 Å². The number of benzene rings is 1. The molecule has 0 aliphatic rings. The minimum Gasteiger partial charge on any atom is -0.361 e. The number of fused-ring (bicyclic) bond motifs is 1. The molecule has 2 aromatic rings. The van der Waals surface area contributed by atoms with Gasteiger partial charge in [0.15, 0.2) is 0 Å². The number of H-pyrrole nitrogens is 1. The number of hydrogen-bond donors (Lipinski definition) is 3. The summed E-state index contributed by atoms with van der Waals surface area (Å²) in [6.07, 6.45) is 1.80. The molecule has 0 fully saturated rings. The third-order valence-electron chi connectivity index (χ3n) is 2.62. The van der Waals surface area contributed by atoms with Gasteiger partial charge in [-0.2, -0.15) is 0 Å². The molecule has 0 saturated heterocycles. The Hall–Kier alpha value is -2.30. The van der Waals surface area contributed by atoms with E-state index in [9.17, 15) is 9.59 Å². The van der Waals surface area contributed by atoms with Gasteiger partial charge in [0.05, 0.1) is 11.1 Å². The van der Waals surface area contributed by atoms with E-state index in [1.807, 2.05) is 18.2 Å². The molecule has 94 valence electrons. The second kappa shape index (κ2) is 5.35. The highest BCUT2D eigenvalue weighted by molar-refractivity contribution is 6.05. The lowest BCUT2D eigenvalue weighted by atomic mass is 10.1. The molecule has 2 rings (SSSR count). The van der Waals surface area contributed by atoms with Crippen LogP contribution in [-0.2, 0) is 4.79 Å². The van der Waals surface area contributed by atoms with Crippen LogP contribution in [0.15, 0.2) is 30.5 Å².